The van der Waals surface area contributed by atoms with Crippen LogP contribution in [0.3, 0.4) is 0 Å². The van der Waals surface area contributed by atoms with E-state index < -0.39 is 0 Å². The number of amides is 1. The highest BCUT2D eigenvalue weighted by Gasteiger charge is 2.29. The highest BCUT2D eigenvalue weighted by Crippen LogP contribution is 2.32. The van der Waals surface area contributed by atoms with Gasteiger partial charge in [-0.25, -0.2) is 0 Å². The fourth-order valence-electron chi connectivity index (χ4n) is 2.06. The zero-order valence-corrected chi connectivity index (χ0v) is 14.4. The van der Waals surface area contributed by atoms with E-state index in [4.69, 9.17) is 0 Å². The van der Waals surface area contributed by atoms with Crippen molar-refractivity contribution in [2.24, 2.45) is 5.92 Å². The average Bonchev–Trinajstić information content (AvgIpc) is 2.23. The molecule has 0 spiro atoms. The van der Waals surface area contributed by atoms with E-state index in [2.05, 4.69) is 27.7 Å². The van der Waals surface area contributed by atoms with Crippen molar-refractivity contribution in [2.75, 3.05) is 7.05 Å². The van der Waals surface area contributed by atoms with Crippen molar-refractivity contribution in [1.82, 2.24) is 4.90 Å². The maximum absolute atomic E-state index is 12.3. The number of rotatable bonds is 7. The van der Waals surface area contributed by atoms with Crippen LogP contribution in [0.25, 0.3) is 0 Å². The molecule has 1 atom stereocenters. The Balaban J connectivity index is 4.62. The van der Waals surface area contributed by atoms with Gasteiger partial charge in [-0.2, -0.15) is 11.8 Å². The molecule has 0 aromatic rings. The summed E-state index contributed by atoms with van der Waals surface area (Å²) in [5, 5.41) is 0.489. The molecule has 0 N–H and O–H groups in total. The summed E-state index contributed by atoms with van der Waals surface area (Å²) in [6.07, 6.45) is 0.460. The second-order valence-electron chi connectivity index (χ2n) is 6.34. The van der Waals surface area contributed by atoms with Gasteiger partial charge in [0.2, 0.25) is 5.91 Å². The van der Waals surface area contributed by atoms with Gasteiger partial charge in [0.05, 0.1) is 6.04 Å². The van der Waals surface area contributed by atoms with Crippen LogP contribution in [0.4, 0.5) is 0 Å². The summed E-state index contributed by atoms with van der Waals surface area (Å²) < 4.78 is -0.0971. The molecule has 0 rings (SSSR count). The van der Waals surface area contributed by atoms with Crippen LogP contribution >= 0.6 is 11.8 Å². The molecular formula is C15H29NO2S. The van der Waals surface area contributed by atoms with E-state index in [1.54, 1.807) is 23.7 Å². The molecule has 0 saturated carbocycles. The molecule has 0 aliphatic heterocycles. The van der Waals surface area contributed by atoms with Crippen molar-refractivity contribution >= 4 is 23.5 Å². The molecular weight excluding hydrogens is 258 g/mol. The van der Waals surface area contributed by atoms with E-state index in [0.717, 1.165) is 0 Å². The van der Waals surface area contributed by atoms with Gasteiger partial charge >= 0.3 is 0 Å². The number of ketones is 1. The largest absolute Gasteiger partial charge is 0.336 e. The molecule has 1 unspecified atom stereocenters. The first-order valence-corrected chi connectivity index (χ1v) is 7.83. The minimum absolute atomic E-state index is 0.0386. The van der Waals surface area contributed by atoms with E-state index in [9.17, 15) is 9.59 Å². The van der Waals surface area contributed by atoms with E-state index in [1.807, 2.05) is 20.8 Å². The Morgan fingerprint density at radius 2 is 1.58 bits per heavy atom. The van der Waals surface area contributed by atoms with Gasteiger partial charge in [0.1, 0.15) is 0 Å². The predicted octanol–water partition coefficient (Wildman–Crippen LogP) is 3.37. The summed E-state index contributed by atoms with van der Waals surface area (Å²) in [6.45, 7) is 14.0. The van der Waals surface area contributed by atoms with Crippen LogP contribution < -0.4 is 0 Å². The summed E-state index contributed by atoms with van der Waals surface area (Å²) in [4.78, 5) is 25.8. The smallest absolute Gasteiger partial charge is 0.224 e. The lowest BCUT2D eigenvalue weighted by Gasteiger charge is -2.31. The zero-order valence-electron chi connectivity index (χ0n) is 13.6. The van der Waals surface area contributed by atoms with Crippen LogP contribution in [0.1, 0.15) is 54.9 Å². The summed E-state index contributed by atoms with van der Waals surface area (Å²) in [7, 11) is 1.73. The monoisotopic (exact) mass is 287 g/mol. The van der Waals surface area contributed by atoms with Gasteiger partial charge in [-0.15, -0.1) is 0 Å². The van der Waals surface area contributed by atoms with Gasteiger partial charge < -0.3 is 4.90 Å². The van der Waals surface area contributed by atoms with E-state index in [0.29, 0.717) is 11.7 Å². The van der Waals surface area contributed by atoms with Crippen LogP contribution in [0.15, 0.2) is 0 Å². The van der Waals surface area contributed by atoms with Crippen LogP contribution in [0.2, 0.25) is 0 Å². The Labute approximate surface area is 122 Å². The van der Waals surface area contributed by atoms with Crippen molar-refractivity contribution in [1.29, 1.82) is 0 Å². The molecule has 0 aromatic carbocycles. The SMILES string of the molecule is CC(C)SC(C)(C)CC(=O)N(C)C(C)C(=O)C(C)C. The third-order valence-electron chi connectivity index (χ3n) is 3.09. The van der Waals surface area contributed by atoms with E-state index in [1.165, 1.54) is 0 Å². The van der Waals surface area contributed by atoms with Crippen LogP contribution in [-0.4, -0.2) is 39.7 Å². The van der Waals surface area contributed by atoms with Gasteiger partial charge in [-0.05, 0) is 12.2 Å². The van der Waals surface area contributed by atoms with Crippen LogP contribution in [-0.2, 0) is 9.59 Å². The third-order valence-corrected chi connectivity index (χ3v) is 4.34. The van der Waals surface area contributed by atoms with Crippen molar-refractivity contribution in [3.8, 4) is 0 Å². The maximum Gasteiger partial charge on any atom is 0.224 e. The Morgan fingerprint density at radius 1 is 1.11 bits per heavy atom. The summed E-state index contributed by atoms with van der Waals surface area (Å²) in [5.41, 5.74) is 0. The number of carbonyl (C=O) groups is 2. The Morgan fingerprint density at radius 3 is 1.95 bits per heavy atom. The molecule has 0 fully saturated rings. The molecule has 0 bridgehead atoms. The molecule has 0 aliphatic carbocycles. The van der Waals surface area contributed by atoms with E-state index >= 15 is 0 Å². The summed E-state index contributed by atoms with van der Waals surface area (Å²) in [5.74, 6) is 0.119. The average molecular weight is 287 g/mol. The number of hydrogen-bond donors (Lipinski definition) is 0. The van der Waals surface area contributed by atoms with Gasteiger partial charge in [0.15, 0.2) is 5.78 Å². The van der Waals surface area contributed by atoms with Gasteiger partial charge in [-0.1, -0.05) is 41.5 Å². The molecule has 0 aromatic heterocycles. The van der Waals surface area contributed by atoms with Crippen molar-refractivity contribution in [3.63, 3.8) is 0 Å². The predicted molar refractivity (Wildman–Crippen MR) is 83.5 cm³/mol. The molecule has 3 nitrogen and oxygen atoms in total. The number of nitrogens with zero attached hydrogens (tertiary/aromatic N) is 1. The lowest BCUT2D eigenvalue weighted by atomic mass is 10.0. The molecule has 112 valence electrons. The first kappa shape index (κ1) is 18.5. The van der Waals surface area contributed by atoms with E-state index in [-0.39, 0.29) is 28.4 Å². The molecule has 1 amide bonds. The van der Waals surface area contributed by atoms with Gasteiger partial charge in [-0.3, -0.25) is 9.59 Å². The number of likely N-dealkylation sites (N-methyl/N-ethyl adjacent to an activating group) is 1. The second kappa shape index (κ2) is 7.32. The molecule has 19 heavy (non-hydrogen) atoms. The lowest BCUT2D eigenvalue weighted by Crippen LogP contribution is -2.43. The van der Waals surface area contributed by atoms with Crippen molar-refractivity contribution in [2.45, 2.75) is 70.9 Å². The summed E-state index contributed by atoms with van der Waals surface area (Å²) >= 11 is 1.80. The maximum atomic E-state index is 12.3. The third kappa shape index (κ3) is 6.46. The topological polar surface area (TPSA) is 37.4 Å². The standard InChI is InChI=1S/C15H29NO2S/c1-10(2)14(18)12(5)16(8)13(17)9-15(6,7)19-11(3)4/h10-12H,9H2,1-8H3. The summed E-state index contributed by atoms with van der Waals surface area (Å²) in [6, 6.07) is -0.340. The Kier molecular flexibility index (Phi) is 7.12. The minimum Gasteiger partial charge on any atom is -0.336 e. The quantitative estimate of drug-likeness (QED) is 0.720. The van der Waals surface area contributed by atoms with Crippen LogP contribution in [0.5, 0.6) is 0 Å². The van der Waals surface area contributed by atoms with Crippen LogP contribution in [0, 0.1) is 5.92 Å². The number of Topliss-reactive ketones (excluding diaryl/α,β-unsaturated/α-hetero) is 1. The number of thioether (sulfide) groups is 1. The normalized spacial score (nSPS) is 13.8. The highest BCUT2D eigenvalue weighted by molar-refractivity contribution is 8.01. The van der Waals surface area contributed by atoms with Gasteiger partial charge in [0, 0.05) is 24.1 Å². The van der Waals surface area contributed by atoms with Gasteiger partial charge in [0.25, 0.3) is 0 Å². The lowest BCUT2D eigenvalue weighted by molar-refractivity contribution is -0.138. The molecule has 0 heterocycles. The second-order valence-corrected chi connectivity index (χ2v) is 8.62. The Hall–Kier alpha value is -0.510. The fourth-order valence-corrected chi connectivity index (χ4v) is 3.54. The van der Waals surface area contributed by atoms with Crippen molar-refractivity contribution < 1.29 is 9.59 Å². The minimum atomic E-state index is -0.340. The fraction of sp³-hybridized carbons (Fsp3) is 0.867. The number of carbonyl (C=O) groups excluding carboxylic acids is 2. The molecule has 0 radical (unpaired) electrons. The highest BCUT2D eigenvalue weighted by atomic mass is 32.2. The first-order valence-electron chi connectivity index (χ1n) is 6.95. The molecule has 0 aliphatic rings. The molecule has 4 heteroatoms. The molecule has 0 saturated heterocycles. The van der Waals surface area contributed by atoms with Crippen molar-refractivity contribution in [3.05, 3.63) is 0 Å². The zero-order chi connectivity index (χ0) is 15.4. The first-order chi connectivity index (χ1) is 8.48. The Bertz CT molecular complexity index is 324. The number of hydrogen-bond acceptors (Lipinski definition) is 3.